The van der Waals surface area contributed by atoms with E-state index in [4.69, 9.17) is 4.74 Å². The van der Waals surface area contributed by atoms with Gasteiger partial charge in [0, 0.05) is 11.1 Å². The summed E-state index contributed by atoms with van der Waals surface area (Å²) in [5, 5.41) is 3.24. The van der Waals surface area contributed by atoms with Crippen molar-refractivity contribution in [2.45, 2.75) is 65.7 Å². The first-order valence-electron chi connectivity index (χ1n) is 8.06. The lowest BCUT2D eigenvalue weighted by molar-refractivity contribution is 0.319. The number of benzene rings is 1. The van der Waals surface area contributed by atoms with Gasteiger partial charge in [0.1, 0.15) is 5.75 Å². The van der Waals surface area contributed by atoms with Gasteiger partial charge in [0.05, 0.1) is 6.61 Å². The third-order valence-electron chi connectivity index (χ3n) is 3.72. The van der Waals surface area contributed by atoms with E-state index >= 15 is 0 Å². The molecule has 0 aliphatic rings. The first-order valence-corrected chi connectivity index (χ1v) is 8.06. The van der Waals surface area contributed by atoms with Crippen LogP contribution in [-0.4, -0.2) is 20.2 Å². The topological polar surface area (TPSA) is 21.3 Å². The first kappa shape index (κ1) is 18.0. The van der Waals surface area contributed by atoms with Gasteiger partial charge in [-0.3, -0.25) is 0 Å². The minimum absolute atomic E-state index is 0.0835. The van der Waals surface area contributed by atoms with Gasteiger partial charge in [-0.2, -0.15) is 0 Å². The zero-order valence-corrected chi connectivity index (χ0v) is 15.2. The number of likely N-dealkylation sites (N-methyl/N-ethyl adjacent to an activating group) is 1. The Kier molecular flexibility index (Phi) is 5.86. The Hall–Kier alpha value is -1.02. The number of rotatable bonds is 5. The van der Waals surface area contributed by atoms with Gasteiger partial charge < -0.3 is 10.1 Å². The molecule has 0 radical (unpaired) electrons. The molecule has 0 spiro atoms. The van der Waals surface area contributed by atoms with E-state index in [9.17, 15) is 0 Å². The molecule has 1 rings (SSSR count). The van der Waals surface area contributed by atoms with Gasteiger partial charge in [-0.05, 0) is 43.3 Å². The summed E-state index contributed by atoms with van der Waals surface area (Å²) in [6.45, 7) is 17.4. The van der Waals surface area contributed by atoms with Crippen molar-refractivity contribution in [2.24, 2.45) is 0 Å². The maximum Gasteiger partial charge on any atom is 0.126 e. The van der Waals surface area contributed by atoms with E-state index in [1.54, 1.807) is 0 Å². The van der Waals surface area contributed by atoms with Crippen molar-refractivity contribution >= 4 is 0 Å². The van der Waals surface area contributed by atoms with Crippen LogP contribution < -0.4 is 10.1 Å². The van der Waals surface area contributed by atoms with Gasteiger partial charge in [0.15, 0.2) is 0 Å². The fourth-order valence-electron chi connectivity index (χ4n) is 2.52. The average Bonchev–Trinajstić information content (AvgIpc) is 2.34. The summed E-state index contributed by atoms with van der Waals surface area (Å²) < 4.78 is 6.07. The Balaban J connectivity index is 3.50. The van der Waals surface area contributed by atoms with Crippen molar-refractivity contribution in [2.75, 3.05) is 20.2 Å². The average molecular weight is 291 g/mol. The minimum atomic E-state index is 0.0835. The zero-order valence-electron chi connectivity index (χ0n) is 15.2. The van der Waals surface area contributed by atoms with Crippen LogP contribution >= 0.6 is 0 Å². The van der Waals surface area contributed by atoms with E-state index in [-0.39, 0.29) is 10.8 Å². The third kappa shape index (κ3) is 4.74. The van der Waals surface area contributed by atoms with Crippen molar-refractivity contribution in [3.8, 4) is 5.75 Å². The fraction of sp³-hybridized carbons (Fsp3) is 0.684. The monoisotopic (exact) mass is 291 g/mol. The molecule has 2 nitrogen and oxygen atoms in total. The lowest BCUT2D eigenvalue weighted by atomic mass is 9.78. The fourth-order valence-corrected chi connectivity index (χ4v) is 2.52. The maximum atomic E-state index is 6.07. The summed E-state index contributed by atoms with van der Waals surface area (Å²) in [6.07, 6.45) is 1.05. The van der Waals surface area contributed by atoms with Gasteiger partial charge in [0.25, 0.3) is 0 Å². The Labute approximate surface area is 131 Å². The maximum absolute atomic E-state index is 6.07. The van der Waals surface area contributed by atoms with Crippen LogP contribution in [0.4, 0.5) is 0 Å². The van der Waals surface area contributed by atoms with E-state index < -0.39 is 0 Å². The van der Waals surface area contributed by atoms with Crippen molar-refractivity contribution < 1.29 is 4.74 Å². The van der Waals surface area contributed by atoms with Gasteiger partial charge in [-0.1, -0.05) is 53.7 Å². The normalized spacial score (nSPS) is 12.6. The highest BCUT2D eigenvalue weighted by atomic mass is 16.5. The van der Waals surface area contributed by atoms with E-state index in [2.05, 4.69) is 65.9 Å². The van der Waals surface area contributed by atoms with Crippen LogP contribution in [-0.2, 0) is 17.3 Å². The van der Waals surface area contributed by atoms with E-state index in [0.717, 1.165) is 18.7 Å². The number of hydrogen-bond acceptors (Lipinski definition) is 2. The van der Waals surface area contributed by atoms with Crippen LogP contribution in [0.2, 0.25) is 0 Å². The molecular weight excluding hydrogens is 258 g/mol. The van der Waals surface area contributed by atoms with Crippen molar-refractivity contribution in [3.05, 3.63) is 28.8 Å². The lowest BCUT2D eigenvalue weighted by Crippen LogP contribution is -2.21. The first-order chi connectivity index (χ1) is 9.61. The zero-order chi connectivity index (χ0) is 16.3. The van der Waals surface area contributed by atoms with E-state index in [1.807, 2.05) is 7.05 Å². The number of hydrogen-bond donors (Lipinski definition) is 1. The highest BCUT2D eigenvalue weighted by Crippen LogP contribution is 2.40. The van der Waals surface area contributed by atoms with Crippen LogP contribution in [0.15, 0.2) is 12.1 Å². The Morgan fingerprint density at radius 2 is 1.43 bits per heavy atom. The van der Waals surface area contributed by atoms with Gasteiger partial charge in [0.2, 0.25) is 0 Å². The predicted molar refractivity (Wildman–Crippen MR) is 92.6 cm³/mol. The highest BCUT2D eigenvalue weighted by Gasteiger charge is 2.27. The third-order valence-corrected chi connectivity index (χ3v) is 3.72. The van der Waals surface area contributed by atoms with Crippen LogP contribution in [0.25, 0.3) is 0 Å². The molecule has 0 saturated carbocycles. The molecule has 0 aromatic heterocycles. The summed E-state index contributed by atoms with van der Waals surface area (Å²) in [5.41, 5.74) is 4.20. The summed E-state index contributed by atoms with van der Waals surface area (Å²) in [7, 11) is 2.00. The van der Waals surface area contributed by atoms with Gasteiger partial charge in [-0.15, -0.1) is 0 Å². The molecule has 1 N–H and O–H groups in total. The standard InChI is InChI=1S/C19H33NO/c1-9-21-17-15(18(2,3)4)12-14(10-11-20-8)13-16(17)19(5,6)7/h12-13,20H,9-11H2,1-8H3. The molecule has 2 heteroatoms. The molecule has 120 valence electrons. The second kappa shape index (κ2) is 6.83. The second-order valence-corrected chi connectivity index (χ2v) is 7.81. The Bertz CT molecular complexity index is 428. The molecule has 0 saturated heterocycles. The van der Waals surface area contributed by atoms with Gasteiger partial charge >= 0.3 is 0 Å². The second-order valence-electron chi connectivity index (χ2n) is 7.81. The molecule has 0 heterocycles. The summed E-state index contributed by atoms with van der Waals surface area (Å²) in [4.78, 5) is 0. The summed E-state index contributed by atoms with van der Waals surface area (Å²) >= 11 is 0. The predicted octanol–water partition coefficient (Wildman–Crippen LogP) is 4.44. The summed E-state index contributed by atoms with van der Waals surface area (Å²) in [5.74, 6) is 1.09. The van der Waals surface area contributed by atoms with Crippen molar-refractivity contribution in [1.82, 2.24) is 5.32 Å². The molecule has 0 aliphatic carbocycles. The Morgan fingerprint density at radius 3 is 1.76 bits per heavy atom. The van der Waals surface area contributed by atoms with Crippen LogP contribution in [0.3, 0.4) is 0 Å². The molecule has 21 heavy (non-hydrogen) atoms. The number of ether oxygens (including phenoxy) is 1. The van der Waals surface area contributed by atoms with E-state index in [1.165, 1.54) is 16.7 Å². The minimum Gasteiger partial charge on any atom is -0.493 e. The molecular formula is C19H33NO. The molecule has 0 fully saturated rings. The van der Waals surface area contributed by atoms with Crippen molar-refractivity contribution in [1.29, 1.82) is 0 Å². The SMILES string of the molecule is CCOc1c(C(C)(C)C)cc(CCNC)cc1C(C)(C)C. The van der Waals surface area contributed by atoms with Crippen LogP contribution in [0, 0.1) is 0 Å². The molecule has 0 unspecified atom stereocenters. The lowest BCUT2D eigenvalue weighted by Gasteiger charge is -2.30. The van der Waals surface area contributed by atoms with Crippen LogP contribution in [0.5, 0.6) is 5.75 Å². The van der Waals surface area contributed by atoms with Crippen molar-refractivity contribution in [3.63, 3.8) is 0 Å². The largest absolute Gasteiger partial charge is 0.493 e. The molecule has 0 amide bonds. The van der Waals surface area contributed by atoms with Gasteiger partial charge in [-0.25, -0.2) is 0 Å². The summed E-state index contributed by atoms with van der Waals surface area (Å²) in [6, 6.07) is 4.66. The smallest absolute Gasteiger partial charge is 0.126 e. The molecule has 0 bridgehead atoms. The molecule has 1 aromatic carbocycles. The van der Waals surface area contributed by atoms with Crippen LogP contribution in [0.1, 0.15) is 65.2 Å². The molecule has 0 atom stereocenters. The van der Waals surface area contributed by atoms with E-state index in [0.29, 0.717) is 6.61 Å². The number of nitrogens with one attached hydrogen (secondary N) is 1. The molecule has 0 aliphatic heterocycles. The Morgan fingerprint density at radius 1 is 0.952 bits per heavy atom. The highest BCUT2D eigenvalue weighted by molar-refractivity contribution is 5.51. The quantitative estimate of drug-likeness (QED) is 0.866. The molecule has 1 aromatic rings.